The SMILES string of the molecule is CC(=O)NC1CCCN(CCC#N)C1. The number of rotatable bonds is 3. The second-order valence-corrected chi connectivity index (χ2v) is 3.75. The van der Waals surface area contributed by atoms with Crippen molar-refractivity contribution in [2.45, 2.75) is 32.2 Å². The lowest BCUT2D eigenvalue weighted by molar-refractivity contribution is -0.120. The third-order valence-electron chi connectivity index (χ3n) is 2.45. The van der Waals surface area contributed by atoms with Crippen molar-refractivity contribution in [2.75, 3.05) is 19.6 Å². The van der Waals surface area contributed by atoms with Gasteiger partial charge in [0.05, 0.1) is 6.07 Å². The van der Waals surface area contributed by atoms with Crippen molar-refractivity contribution in [2.24, 2.45) is 0 Å². The summed E-state index contributed by atoms with van der Waals surface area (Å²) in [7, 11) is 0. The number of hydrogen-bond acceptors (Lipinski definition) is 3. The van der Waals surface area contributed by atoms with Crippen molar-refractivity contribution in [3.8, 4) is 6.07 Å². The summed E-state index contributed by atoms with van der Waals surface area (Å²) in [6.07, 6.45) is 2.74. The highest BCUT2D eigenvalue weighted by Crippen LogP contribution is 2.09. The van der Waals surface area contributed by atoms with E-state index in [2.05, 4.69) is 16.3 Å². The topological polar surface area (TPSA) is 56.1 Å². The van der Waals surface area contributed by atoms with E-state index in [0.29, 0.717) is 6.42 Å². The van der Waals surface area contributed by atoms with Crippen LogP contribution in [0.5, 0.6) is 0 Å². The molecule has 4 nitrogen and oxygen atoms in total. The number of nitrogens with one attached hydrogen (secondary N) is 1. The van der Waals surface area contributed by atoms with Gasteiger partial charge in [-0.15, -0.1) is 0 Å². The summed E-state index contributed by atoms with van der Waals surface area (Å²) in [6.45, 7) is 4.32. The third kappa shape index (κ3) is 3.75. The van der Waals surface area contributed by atoms with Gasteiger partial charge >= 0.3 is 0 Å². The minimum atomic E-state index is 0.0390. The molecule has 1 fully saturated rings. The van der Waals surface area contributed by atoms with E-state index in [1.165, 1.54) is 0 Å². The number of carbonyl (C=O) groups excluding carboxylic acids is 1. The molecular weight excluding hydrogens is 178 g/mol. The molecule has 14 heavy (non-hydrogen) atoms. The van der Waals surface area contributed by atoms with E-state index < -0.39 is 0 Å². The molecule has 0 aromatic rings. The fourth-order valence-electron chi connectivity index (χ4n) is 1.87. The van der Waals surface area contributed by atoms with E-state index in [1.807, 2.05) is 0 Å². The smallest absolute Gasteiger partial charge is 0.217 e. The Balaban J connectivity index is 2.29. The zero-order valence-corrected chi connectivity index (χ0v) is 8.62. The Morgan fingerprint density at radius 2 is 2.50 bits per heavy atom. The Kier molecular flexibility index (Phi) is 4.41. The van der Waals surface area contributed by atoms with Crippen LogP contribution in [-0.2, 0) is 4.79 Å². The molecule has 1 saturated heterocycles. The molecule has 1 heterocycles. The fourth-order valence-corrected chi connectivity index (χ4v) is 1.87. The van der Waals surface area contributed by atoms with Gasteiger partial charge in [0.25, 0.3) is 0 Å². The molecule has 1 amide bonds. The summed E-state index contributed by atoms with van der Waals surface area (Å²) >= 11 is 0. The van der Waals surface area contributed by atoms with Crippen LogP contribution in [0, 0.1) is 11.3 Å². The summed E-state index contributed by atoms with van der Waals surface area (Å²) in [4.78, 5) is 13.1. The first-order valence-electron chi connectivity index (χ1n) is 5.09. The van der Waals surface area contributed by atoms with Gasteiger partial charge < -0.3 is 10.2 Å². The highest BCUT2D eigenvalue weighted by atomic mass is 16.1. The molecule has 0 aliphatic carbocycles. The van der Waals surface area contributed by atoms with E-state index in [0.717, 1.165) is 32.5 Å². The van der Waals surface area contributed by atoms with Crippen LogP contribution in [0.2, 0.25) is 0 Å². The molecule has 0 aromatic heterocycles. The van der Waals surface area contributed by atoms with Crippen molar-refractivity contribution in [3.05, 3.63) is 0 Å². The molecule has 0 spiro atoms. The fraction of sp³-hybridized carbons (Fsp3) is 0.800. The maximum Gasteiger partial charge on any atom is 0.217 e. The second-order valence-electron chi connectivity index (χ2n) is 3.75. The number of nitrogens with zero attached hydrogens (tertiary/aromatic N) is 2. The van der Waals surface area contributed by atoms with E-state index in [1.54, 1.807) is 6.92 Å². The van der Waals surface area contributed by atoms with E-state index in [4.69, 9.17) is 5.26 Å². The van der Waals surface area contributed by atoms with Crippen LogP contribution < -0.4 is 5.32 Å². The Hall–Kier alpha value is -1.08. The van der Waals surface area contributed by atoms with Crippen molar-refractivity contribution < 1.29 is 4.79 Å². The molecule has 1 unspecified atom stereocenters. The molecule has 1 N–H and O–H groups in total. The predicted molar refractivity (Wildman–Crippen MR) is 53.5 cm³/mol. The summed E-state index contributed by atoms with van der Waals surface area (Å²) in [5, 5.41) is 11.4. The van der Waals surface area contributed by atoms with Gasteiger partial charge in [-0.05, 0) is 19.4 Å². The van der Waals surface area contributed by atoms with Gasteiger partial charge in [0.1, 0.15) is 0 Å². The molecule has 0 aromatic carbocycles. The first-order chi connectivity index (χ1) is 6.72. The van der Waals surface area contributed by atoms with Crippen molar-refractivity contribution in [1.29, 1.82) is 5.26 Å². The lowest BCUT2D eigenvalue weighted by Crippen LogP contribution is -2.47. The van der Waals surface area contributed by atoms with E-state index in [-0.39, 0.29) is 11.9 Å². The summed E-state index contributed by atoms with van der Waals surface area (Å²) < 4.78 is 0. The summed E-state index contributed by atoms with van der Waals surface area (Å²) in [5.74, 6) is 0.0390. The molecule has 4 heteroatoms. The van der Waals surface area contributed by atoms with Gasteiger partial charge in [-0.3, -0.25) is 4.79 Å². The van der Waals surface area contributed by atoms with Crippen LogP contribution in [0.3, 0.4) is 0 Å². The average Bonchev–Trinajstić information content (AvgIpc) is 2.14. The second kappa shape index (κ2) is 5.61. The quantitative estimate of drug-likeness (QED) is 0.713. The highest BCUT2D eigenvalue weighted by Gasteiger charge is 2.19. The minimum Gasteiger partial charge on any atom is -0.352 e. The lowest BCUT2D eigenvalue weighted by atomic mass is 10.1. The zero-order chi connectivity index (χ0) is 10.4. The number of piperidine rings is 1. The molecule has 1 aliphatic heterocycles. The van der Waals surface area contributed by atoms with Gasteiger partial charge in [0, 0.05) is 32.5 Å². The molecule has 1 atom stereocenters. The highest BCUT2D eigenvalue weighted by molar-refractivity contribution is 5.73. The van der Waals surface area contributed by atoms with Gasteiger partial charge in [0.15, 0.2) is 0 Å². The molecule has 0 saturated carbocycles. The van der Waals surface area contributed by atoms with Crippen molar-refractivity contribution in [1.82, 2.24) is 10.2 Å². The van der Waals surface area contributed by atoms with Crippen LogP contribution in [-0.4, -0.2) is 36.5 Å². The van der Waals surface area contributed by atoms with Crippen LogP contribution in [0.25, 0.3) is 0 Å². The van der Waals surface area contributed by atoms with Crippen molar-refractivity contribution in [3.63, 3.8) is 0 Å². The Bertz CT molecular complexity index is 234. The molecular formula is C10H17N3O. The Morgan fingerprint density at radius 1 is 1.71 bits per heavy atom. The molecule has 78 valence electrons. The number of nitriles is 1. The van der Waals surface area contributed by atoms with E-state index in [9.17, 15) is 4.79 Å². The normalized spacial score (nSPS) is 22.7. The standard InChI is InChI=1S/C10H17N3O/c1-9(14)12-10-4-2-6-13(8-10)7-3-5-11/h10H,2-4,6-8H2,1H3,(H,12,14). The Labute approximate surface area is 84.9 Å². The molecule has 1 rings (SSSR count). The first-order valence-corrected chi connectivity index (χ1v) is 5.09. The third-order valence-corrected chi connectivity index (χ3v) is 2.45. The largest absolute Gasteiger partial charge is 0.352 e. The molecule has 1 aliphatic rings. The predicted octanol–water partition coefficient (Wildman–Crippen LogP) is 0.501. The minimum absolute atomic E-state index is 0.0390. The van der Waals surface area contributed by atoms with Crippen LogP contribution in [0.1, 0.15) is 26.2 Å². The van der Waals surface area contributed by atoms with Crippen LogP contribution in [0.4, 0.5) is 0 Å². The zero-order valence-electron chi connectivity index (χ0n) is 8.62. The van der Waals surface area contributed by atoms with Crippen LogP contribution in [0.15, 0.2) is 0 Å². The van der Waals surface area contributed by atoms with Crippen LogP contribution >= 0.6 is 0 Å². The van der Waals surface area contributed by atoms with Gasteiger partial charge in [-0.25, -0.2) is 0 Å². The first kappa shape index (κ1) is 11.0. The maximum atomic E-state index is 10.9. The van der Waals surface area contributed by atoms with Crippen molar-refractivity contribution >= 4 is 5.91 Å². The summed E-state index contributed by atoms with van der Waals surface area (Å²) in [5.41, 5.74) is 0. The number of amides is 1. The van der Waals surface area contributed by atoms with Gasteiger partial charge in [0.2, 0.25) is 5.91 Å². The Morgan fingerprint density at radius 3 is 3.14 bits per heavy atom. The lowest BCUT2D eigenvalue weighted by Gasteiger charge is -2.32. The molecule has 0 bridgehead atoms. The average molecular weight is 195 g/mol. The monoisotopic (exact) mass is 195 g/mol. The number of hydrogen-bond donors (Lipinski definition) is 1. The maximum absolute atomic E-state index is 10.9. The molecule has 0 radical (unpaired) electrons. The summed E-state index contributed by atoms with van der Waals surface area (Å²) in [6, 6.07) is 2.42. The van der Waals surface area contributed by atoms with Gasteiger partial charge in [-0.1, -0.05) is 0 Å². The van der Waals surface area contributed by atoms with Gasteiger partial charge in [-0.2, -0.15) is 5.26 Å². The van der Waals surface area contributed by atoms with E-state index >= 15 is 0 Å². The number of likely N-dealkylation sites (tertiary alicyclic amines) is 1. The number of carbonyl (C=O) groups is 1.